The maximum absolute atomic E-state index is 5.99. The minimum absolute atomic E-state index is 0.0699. The SMILES string of the molecule is c1ccc2c(c1)OC[C@@H](CCc1ccc(N3CCSCC3)nn1)O2. The number of hydrogen-bond donors (Lipinski definition) is 0. The highest BCUT2D eigenvalue weighted by molar-refractivity contribution is 7.99. The molecule has 0 unspecified atom stereocenters. The van der Waals surface area contributed by atoms with Crippen molar-refractivity contribution in [3.63, 3.8) is 0 Å². The molecule has 1 atom stereocenters. The number of ether oxygens (including phenoxy) is 2. The average molecular weight is 343 g/mol. The van der Waals surface area contributed by atoms with Gasteiger partial charge in [-0.2, -0.15) is 16.9 Å². The van der Waals surface area contributed by atoms with Crippen LogP contribution in [0.5, 0.6) is 11.5 Å². The molecule has 1 aromatic carbocycles. The summed E-state index contributed by atoms with van der Waals surface area (Å²) in [6, 6.07) is 12.0. The van der Waals surface area contributed by atoms with Crippen molar-refractivity contribution in [2.24, 2.45) is 0 Å². The van der Waals surface area contributed by atoms with Crippen LogP contribution in [0.2, 0.25) is 0 Å². The summed E-state index contributed by atoms with van der Waals surface area (Å²) in [7, 11) is 0. The summed E-state index contributed by atoms with van der Waals surface area (Å²) in [5.41, 5.74) is 1.01. The van der Waals surface area contributed by atoms with Crippen LogP contribution < -0.4 is 14.4 Å². The summed E-state index contributed by atoms with van der Waals surface area (Å²) in [5, 5.41) is 8.78. The molecule has 1 fully saturated rings. The monoisotopic (exact) mass is 343 g/mol. The molecule has 2 aliphatic rings. The van der Waals surface area contributed by atoms with E-state index in [1.165, 1.54) is 11.5 Å². The Labute approximate surface area is 146 Å². The molecule has 0 radical (unpaired) electrons. The van der Waals surface area contributed by atoms with E-state index in [4.69, 9.17) is 9.47 Å². The zero-order chi connectivity index (χ0) is 16.2. The molecule has 0 amide bonds. The molecule has 2 aromatic rings. The Morgan fingerprint density at radius 3 is 2.67 bits per heavy atom. The van der Waals surface area contributed by atoms with Gasteiger partial charge in [0.25, 0.3) is 0 Å². The number of rotatable bonds is 4. The number of aromatic nitrogens is 2. The number of fused-ring (bicyclic) bond motifs is 1. The Morgan fingerprint density at radius 2 is 1.88 bits per heavy atom. The van der Waals surface area contributed by atoms with Gasteiger partial charge in [0.05, 0.1) is 5.69 Å². The average Bonchev–Trinajstić information content (AvgIpc) is 2.67. The Hall–Kier alpha value is -1.95. The predicted molar refractivity (Wildman–Crippen MR) is 96.2 cm³/mol. The van der Waals surface area contributed by atoms with Crippen molar-refractivity contribution in [1.29, 1.82) is 0 Å². The van der Waals surface area contributed by atoms with Crippen LogP contribution in [0.15, 0.2) is 36.4 Å². The lowest BCUT2D eigenvalue weighted by molar-refractivity contribution is 0.0849. The molecule has 1 saturated heterocycles. The van der Waals surface area contributed by atoms with Gasteiger partial charge in [-0.15, -0.1) is 5.10 Å². The largest absolute Gasteiger partial charge is 0.486 e. The van der Waals surface area contributed by atoms with E-state index in [1.807, 2.05) is 36.0 Å². The Morgan fingerprint density at radius 1 is 1.04 bits per heavy atom. The van der Waals surface area contributed by atoms with Crippen molar-refractivity contribution in [2.75, 3.05) is 36.1 Å². The summed E-state index contributed by atoms with van der Waals surface area (Å²) >= 11 is 2.00. The molecule has 0 saturated carbocycles. The van der Waals surface area contributed by atoms with E-state index in [0.29, 0.717) is 6.61 Å². The summed E-state index contributed by atoms with van der Waals surface area (Å²) < 4.78 is 11.7. The highest BCUT2D eigenvalue weighted by Gasteiger charge is 2.20. The number of nitrogens with zero attached hydrogens (tertiary/aromatic N) is 3. The van der Waals surface area contributed by atoms with Crippen LogP contribution in [0, 0.1) is 0 Å². The zero-order valence-corrected chi connectivity index (χ0v) is 14.4. The molecule has 4 rings (SSSR count). The zero-order valence-electron chi connectivity index (χ0n) is 13.6. The van der Waals surface area contributed by atoms with E-state index in [9.17, 15) is 0 Å². The lowest BCUT2D eigenvalue weighted by atomic mass is 10.1. The normalized spacial score (nSPS) is 20.0. The second-order valence-electron chi connectivity index (χ2n) is 6.02. The second-order valence-corrected chi connectivity index (χ2v) is 7.24. The fourth-order valence-corrected chi connectivity index (χ4v) is 3.86. The van der Waals surface area contributed by atoms with E-state index in [-0.39, 0.29) is 6.10 Å². The number of anilines is 1. The van der Waals surface area contributed by atoms with E-state index in [0.717, 1.165) is 48.9 Å². The molecule has 6 heteroatoms. The van der Waals surface area contributed by atoms with Crippen molar-refractivity contribution in [1.82, 2.24) is 10.2 Å². The van der Waals surface area contributed by atoms with Crippen molar-refractivity contribution in [2.45, 2.75) is 18.9 Å². The quantitative estimate of drug-likeness (QED) is 0.851. The predicted octanol–water partition coefficient (Wildman–Crippen LogP) is 2.80. The first kappa shape index (κ1) is 15.6. The fraction of sp³-hybridized carbons (Fsp3) is 0.444. The van der Waals surface area contributed by atoms with Gasteiger partial charge in [0.15, 0.2) is 17.3 Å². The summed E-state index contributed by atoms with van der Waals surface area (Å²) in [6.07, 6.45) is 1.79. The molecule has 2 aliphatic heterocycles. The van der Waals surface area contributed by atoms with Crippen molar-refractivity contribution in [3.8, 4) is 11.5 Å². The first-order valence-electron chi connectivity index (χ1n) is 8.42. The van der Waals surface area contributed by atoms with Crippen molar-refractivity contribution < 1.29 is 9.47 Å². The lowest BCUT2D eigenvalue weighted by Crippen LogP contribution is -2.33. The van der Waals surface area contributed by atoms with Crippen LogP contribution in [-0.4, -0.2) is 47.5 Å². The summed E-state index contributed by atoms with van der Waals surface area (Å²) in [6.45, 7) is 2.71. The number of aryl methyl sites for hydroxylation is 1. The molecule has 3 heterocycles. The Bertz CT molecular complexity index is 674. The third-order valence-corrected chi connectivity index (χ3v) is 5.27. The maximum Gasteiger partial charge on any atom is 0.161 e. The van der Waals surface area contributed by atoms with Crippen LogP contribution in [0.3, 0.4) is 0 Å². The molecule has 0 aliphatic carbocycles. The molecular formula is C18H21N3O2S. The van der Waals surface area contributed by atoms with Gasteiger partial charge in [0, 0.05) is 24.6 Å². The van der Waals surface area contributed by atoms with Crippen LogP contribution >= 0.6 is 11.8 Å². The number of para-hydroxylation sites is 2. The maximum atomic E-state index is 5.99. The standard InChI is InChI=1S/C18H21N3O2S/c1-2-4-17-16(3-1)22-13-15(23-17)7-5-14-6-8-18(20-19-14)21-9-11-24-12-10-21/h1-4,6,8,15H,5,7,9-13H2/t15-/m1/s1. The van der Waals surface area contributed by atoms with Crippen LogP contribution in [-0.2, 0) is 6.42 Å². The van der Waals surface area contributed by atoms with Gasteiger partial charge < -0.3 is 14.4 Å². The van der Waals surface area contributed by atoms with Gasteiger partial charge in [-0.1, -0.05) is 12.1 Å². The van der Waals surface area contributed by atoms with Gasteiger partial charge in [0.2, 0.25) is 0 Å². The van der Waals surface area contributed by atoms with Crippen molar-refractivity contribution in [3.05, 3.63) is 42.1 Å². The molecule has 0 N–H and O–H groups in total. The summed E-state index contributed by atoms with van der Waals surface area (Å²) in [4.78, 5) is 2.31. The Balaban J connectivity index is 1.31. The van der Waals surface area contributed by atoms with E-state index >= 15 is 0 Å². The Kier molecular flexibility index (Phi) is 4.74. The second kappa shape index (κ2) is 7.30. The molecule has 1 aromatic heterocycles. The van der Waals surface area contributed by atoms with Gasteiger partial charge >= 0.3 is 0 Å². The highest BCUT2D eigenvalue weighted by atomic mass is 32.2. The minimum atomic E-state index is 0.0699. The number of thioether (sulfide) groups is 1. The fourth-order valence-electron chi connectivity index (χ4n) is 2.96. The van der Waals surface area contributed by atoms with Gasteiger partial charge in [-0.05, 0) is 37.1 Å². The van der Waals surface area contributed by atoms with Gasteiger partial charge in [-0.25, -0.2) is 0 Å². The van der Waals surface area contributed by atoms with E-state index in [1.54, 1.807) is 0 Å². The molecule has 126 valence electrons. The lowest BCUT2D eigenvalue weighted by Gasteiger charge is -2.27. The van der Waals surface area contributed by atoms with Gasteiger partial charge in [-0.3, -0.25) is 0 Å². The first-order chi connectivity index (χ1) is 11.9. The molecular weight excluding hydrogens is 322 g/mol. The highest BCUT2D eigenvalue weighted by Crippen LogP contribution is 2.31. The number of benzene rings is 1. The minimum Gasteiger partial charge on any atom is -0.486 e. The van der Waals surface area contributed by atoms with E-state index in [2.05, 4.69) is 27.2 Å². The number of hydrogen-bond acceptors (Lipinski definition) is 6. The van der Waals surface area contributed by atoms with Crippen LogP contribution in [0.4, 0.5) is 5.82 Å². The molecule has 0 spiro atoms. The smallest absolute Gasteiger partial charge is 0.161 e. The van der Waals surface area contributed by atoms with Crippen LogP contribution in [0.25, 0.3) is 0 Å². The van der Waals surface area contributed by atoms with E-state index < -0.39 is 0 Å². The molecule has 0 bridgehead atoms. The topological polar surface area (TPSA) is 47.5 Å². The molecule has 24 heavy (non-hydrogen) atoms. The molecule has 5 nitrogen and oxygen atoms in total. The van der Waals surface area contributed by atoms with Crippen LogP contribution in [0.1, 0.15) is 12.1 Å². The van der Waals surface area contributed by atoms with Gasteiger partial charge in [0.1, 0.15) is 12.7 Å². The summed E-state index contributed by atoms with van der Waals surface area (Å²) in [5.74, 6) is 4.99. The third-order valence-electron chi connectivity index (χ3n) is 4.33. The third kappa shape index (κ3) is 3.59. The van der Waals surface area contributed by atoms with Crippen molar-refractivity contribution >= 4 is 17.6 Å². The first-order valence-corrected chi connectivity index (χ1v) is 9.58.